The molecule has 0 heterocycles. The topological polar surface area (TPSA) is 87.3 Å². The predicted octanol–water partition coefficient (Wildman–Crippen LogP) is -0.300. The summed E-state index contributed by atoms with van der Waals surface area (Å²) in [6.45, 7) is 7.16. The maximum Gasteiger partial charge on any atom is 0.242 e. The standard InChI is InChI=1S/C8H14N3O3.C3H8.Fm/c1-8(2,11-5-12)7(14)10-4-6(13)9-3;1-3-2;/h4H2,1-3H3,(H,9,13)(H,10,14)(H,11,12);3H2,1-2H3;/q-1;;. The third kappa shape index (κ3) is 9.95. The molecule has 0 aromatic heterocycles. The molecule has 3 N–H and O–H groups in total. The van der Waals surface area contributed by atoms with Gasteiger partial charge in [-0.2, -0.15) is 6.41 Å². The van der Waals surface area contributed by atoms with E-state index in [0.29, 0.717) is 0 Å². The van der Waals surface area contributed by atoms with Gasteiger partial charge < -0.3 is 20.7 Å². The van der Waals surface area contributed by atoms with Crippen molar-refractivity contribution in [2.45, 2.75) is 39.7 Å². The number of amides is 3. The summed E-state index contributed by atoms with van der Waals surface area (Å²) in [6.07, 6.45) is 2.68. The van der Waals surface area contributed by atoms with Crippen LogP contribution in [0.3, 0.4) is 0 Å². The number of nitrogens with one attached hydrogen (secondary N) is 3. The van der Waals surface area contributed by atoms with Crippen LogP contribution in [0.25, 0.3) is 0 Å². The fourth-order valence-electron chi connectivity index (χ4n) is 0.654. The summed E-state index contributed by atoms with van der Waals surface area (Å²) in [5, 5.41) is 6.93. The SMILES string of the molecule is CCC.CNC(=O)CNC(=O)C(C)(C)N[C-]=O.[Fm]. The number of likely N-dealkylation sites (N-methyl/N-ethyl adjacent to an activating group) is 1. The van der Waals surface area contributed by atoms with E-state index >= 15 is 0 Å². The van der Waals surface area contributed by atoms with E-state index in [1.165, 1.54) is 33.7 Å². The van der Waals surface area contributed by atoms with Crippen molar-refractivity contribution >= 4 is 18.2 Å². The molecular formula is C11H22FmN3O3-. The van der Waals surface area contributed by atoms with Gasteiger partial charge in [0.05, 0.1) is 12.1 Å². The van der Waals surface area contributed by atoms with Crippen LogP contribution < -0.4 is 16.0 Å². The van der Waals surface area contributed by atoms with Crippen molar-refractivity contribution in [1.29, 1.82) is 0 Å². The Morgan fingerprint density at radius 2 is 1.67 bits per heavy atom. The van der Waals surface area contributed by atoms with Gasteiger partial charge in [-0.15, -0.1) is 0 Å². The molecule has 0 aromatic rings. The van der Waals surface area contributed by atoms with Crippen LogP contribution in [-0.4, -0.2) is 37.4 Å². The van der Waals surface area contributed by atoms with Crippen LogP contribution in [0, 0.1) is 0 Å². The Bertz CT molecular complexity index is 258. The molecule has 0 aliphatic heterocycles. The Morgan fingerprint density at radius 3 is 2.00 bits per heavy atom. The second-order valence-corrected chi connectivity index (χ2v) is 3.92. The third-order valence-electron chi connectivity index (χ3n) is 1.62. The zero-order valence-corrected chi connectivity index (χ0v) is 13.8. The van der Waals surface area contributed by atoms with E-state index in [-0.39, 0.29) is 12.5 Å². The molecule has 0 radical (unpaired) electrons. The summed E-state index contributed by atoms with van der Waals surface area (Å²) in [5.41, 5.74) is -1.06. The predicted molar refractivity (Wildman–Crippen MR) is 65.9 cm³/mol. The number of hydrogen-bond acceptors (Lipinski definition) is 3. The Hall–Kier alpha value is -2.59. The van der Waals surface area contributed by atoms with Crippen molar-refractivity contribution in [3.05, 3.63) is 0 Å². The van der Waals surface area contributed by atoms with Crippen LogP contribution in [0.4, 0.5) is 0 Å². The molecule has 0 bridgehead atoms. The fourth-order valence-corrected chi connectivity index (χ4v) is 0.654. The second-order valence-electron chi connectivity index (χ2n) is 3.92. The van der Waals surface area contributed by atoms with Gasteiger partial charge in [0.15, 0.2) is 0 Å². The quantitative estimate of drug-likeness (QED) is 0.357. The van der Waals surface area contributed by atoms with Crippen LogP contribution in [-0.2, 0) is 14.4 Å². The number of rotatable bonds is 5. The Morgan fingerprint density at radius 1 is 1.22 bits per heavy atom. The van der Waals surface area contributed by atoms with Crippen molar-refractivity contribution in [1.82, 2.24) is 16.0 Å². The largest absolute Gasteiger partial charge is 0.520 e. The Labute approximate surface area is 103 Å². The van der Waals surface area contributed by atoms with Crippen molar-refractivity contribution in [2.24, 2.45) is 0 Å². The normalized spacial score (nSPS) is 8.94. The minimum Gasteiger partial charge on any atom is -0.520 e. The van der Waals surface area contributed by atoms with Gasteiger partial charge >= 0.3 is 0 Å². The van der Waals surface area contributed by atoms with E-state index in [0.717, 1.165) is 0 Å². The first kappa shape index (κ1) is 20.8. The Balaban J connectivity index is -0.000000507. The van der Waals surface area contributed by atoms with E-state index in [4.69, 9.17) is 0 Å². The summed E-state index contributed by atoms with van der Waals surface area (Å²) in [6, 6.07) is 0. The van der Waals surface area contributed by atoms with Gasteiger partial charge in [0.25, 0.3) is 0 Å². The summed E-state index contributed by atoms with van der Waals surface area (Å²) in [4.78, 5) is 32.1. The molecule has 0 rings (SSSR count). The van der Waals surface area contributed by atoms with Crippen molar-refractivity contribution in [3.63, 3.8) is 0 Å². The molecule has 0 aromatic carbocycles. The molecule has 0 atom stereocenters. The summed E-state index contributed by atoms with van der Waals surface area (Å²) in [5.74, 6) is -0.742. The van der Waals surface area contributed by atoms with Gasteiger partial charge in [-0.3, -0.25) is 9.59 Å². The summed E-state index contributed by atoms with van der Waals surface area (Å²) >= 11 is 0. The van der Waals surface area contributed by atoms with Crippen LogP contribution in [0.2, 0.25) is 0 Å². The minimum absolute atomic E-state index is 0. The smallest absolute Gasteiger partial charge is 0.242 e. The van der Waals surface area contributed by atoms with Gasteiger partial charge in [0.2, 0.25) is 11.8 Å². The van der Waals surface area contributed by atoms with Crippen LogP contribution >= 0.6 is 0 Å². The van der Waals surface area contributed by atoms with Gasteiger partial charge in [0.1, 0.15) is 0 Å². The maximum absolute atomic E-state index is 11.3. The van der Waals surface area contributed by atoms with Crippen LogP contribution in [0.5, 0.6) is 0 Å². The first-order valence-corrected chi connectivity index (χ1v) is 5.48. The van der Waals surface area contributed by atoms with E-state index in [2.05, 4.69) is 29.8 Å². The minimum atomic E-state index is -1.06. The van der Waals surface area contributed by atoms with Gasteiger partial charge in [-0.1, -0.05) is 20.3 Å². The second kappa shape index (κ2) is 10.9. The molecule has 18 heavy (non-hydrogen) atoms. The van der Waals surface area contributed by atoms with E-state index in [1.807, 2.05) is 0 Å². The molecule has 0 fully saturated rings. The molecule has 0 saturated carbocycles. The van der Waals surface area contributed by atoms with Crippen LogP contribution in [0.1, 0.15) is 34.1 Å². The van der Waals surface area contributed by atoms with Crippen LogP contribution in [0.15, 0.2) is 0 Å². The van der Waals surface area contributed by atoms with E-state index in [1.54, 1.807) is 0 Å². The van der Waals surface area contributed by atoms with E-state index in [9.17, 15) is 14.4 Å². The van der Waals surface area contributed by atoms with Gasteiger partial charge in [-0.05, 0) is 13.8 Å². The molecular weight excluding hydrogens is 479 g/mol. The van der Waals surface area contributed by atoms with Crippen molar-refractivity contribution in [2.75, 3.05) is 13.6 Å². The number of carbonyl (C=O) groups is 2. The van der Waals surface area contributed by atoms with Gasteiger partial charge in [0, 0.05) is 7.05 Å². The molecule has 0 unspecified atom stereocenters. The van der Waals surface area contributed by atoms with Crippen molar-refractivity contribution in [3.8, 4) is 0 Å². The third-order valence-corrected chi connectivity index (χ3v) is 1.62. The molecule has 3 amide bonds. The molecule has 0 aliphatic carbocycles. The van der Waals surface area contributed by atoms with Crippen molar-refractivity contribution < 1.29 is 14.4 Å². The first-order chi connectivity index (χ1) is 7.85. The van der Waals surface area contributed by atoms with Gasteiger partial charge in [-0.25, -0.2) is 0 Å². The average molecular weight is 501 g/mol. The molecule has 0 aliphatic rings. The average Bonchev–Trinajstić information content (AvgIpc) is 2.26. The number of hydrogen-bond donors (Lipinski definition) is 3. The zero-order chi connectivity index (χ0) is 13.9. The molecule has 7 heteroatoms. The maximum atomic E-state index is 11.3. The number of carbonyl (C=O) groups excluding carboxylic acids is 3. The van der Waals surface area contributed by atoms with E-state index < -0.39 is 11.4 Å². The monoisotopic (exact) mass is 501 g/mol. The molecule has 112 valence electrons. The Kier molecular flexibility index (Phi) is 12.6. The summed E-state index contributed by atoms with van der Waals surface area (Å²) in [7, 11) is 1.47. The zero-order valence-electron chi connectivity index (χ0n) is 11.4. The first-order valence-electron chi connectivity index (χ1n) is 5.48. The molecule has 0 spiro atoms. The molecule has 6 nitrogen and oxygen atoms in total. The molecule has 0 saturated heterocycles. The fraction of sp³-hybridized carbons (Fsp3) is 0.727. The summed E-state index contributed by atoms with van der Waals surface area (Å²) < 4.78 is 0.